The zero-order valence-corrected chi connectivity index (χ0v) is 19.1. The van der Waals surface area contributed by atoms with Crippen LogP contribution in [0.2, 0.25) is 0 Å². The molecule has 0 unspecified atom stereocenters. The number of para-hydroxylation sites is 1. The highest BCUT2D eigenvalue weighted by Gasteiger charge is 2.31. The third-order valence-corrected chi connectivity index (χ3v) is 7.80. The predicted molar refractivity (Wildman–Crippen MR) is 121 cm³/mol. The van der Waals surface area contributed by atoms with Crippen molar-refractivity contribution in [1.82, 2.24) is 19.2 Å². The number of sulfonamides is 1. The van der Waals surface area contributed by atoms with Crippen LogP contribution in [0.25, 0.3) is 0 Å². The molecule has 0 radical (unpaired) electrons. The Morgan fingerprint density at radius 3 is 2.74 bits per heavy atom. The van der Waals surface area contributed by atoms with E-state index >= 15 is 0 Å². The van der Waals surface area contributed by atoms with E-state index in [2.05, 4.69) is 17.3 Å². The van der Waals surface area contributed by atoms with Crippen LogP contribution in [-0.2, 0) is 23.0 Å². The van der Waals surface area contributed by atoms with E-state index in [-0.39, 0.29) is 12.4 Å². The van der Waals surface area contributed by atoms with Gasteiger partial charge >= 0.3 is 0 Å². The lowest BCUT2D eigenvalue weighted by atomic mass is 9.97. The van der Waals surface area contributed by atoms with Crippen molar-refractivity contribution < 1.29 is 13.2 Å². The molecule has 0 amide bonds. The van der Waals surface area contributed by atoms with Gasteiger partial charge in [0.2, 0.25) is 10.0 Å². The Hall–Kier alpha value is -2.23. The molecule has 2 aromatic rings. The van der Waals surface area contributed by atoms with Gasteiger partial charge in [0, 0.05) is 44.6 Å². The quantitative estimate of drug-likeness (QED) is 0.698. The van der Waals surface area contributed by atoms with E-state index in [9.17, 15) is 8.42 Å². The molecular weight excluding hydrogens is 414 g/mol. The maximum absolute atomic E-state index is 12.9. The summed E-state index contributed by atoms with van der Waals surface area (Å²) < 4.78 is 33.0. The SMILES string of the molecule is CNc1nc([C@@H]2CCCN(C)C2)nc2c1CN(S(=O)(=O)CCOc1ccccc1)CC2. The summed E-state index contributed by atoms with van der Waals surface area (Å²) in [6.07, 6.45) is 2.84. The fourth-order valence-corrected chi connectivity index (χ4v) is 5.57. The van der Waals surface area contributed by atoms with Gasteiger partial charge < -0.3 is 15.0 Å². The number of rotatable bonds is 7. The lowest BCUT2D eigenvalue weighted by Gasteiger charge is -2.31. The number of aromatic nitrogens is 2. The van der Waals surface area contributed by atoms with E-state index in [1.165, 1.54) is 4.31 Å². The van der Waals surface area contributed by atoms with Crippen molar-refractivity contribution in [1.29, 1.82) is 0 Å². The highest BCUT2D eigenvalue weighted by atomic mass is 32.2. The number of likely N-dealkylation sites (tertiary alicyclic amines) is 1. The number of nitrogens with zero attached hydrogens (tertiary/aromatic N) is 4. The number of fused-ring (bicyclic) bond motifs is 1. The summed E-state index contributed by atoms with van der Waals surface area (Å²) in [5.74, 6) is 2.57. The van der Waals surface area contributed by atoms with Crippen LogP contribution in [0.4, 0.5) is 5.82 Å². The van der Waals surface area contributed by atoms with Crippen LogP contribution >= 0.6 is 0 Å². The molecule has 2 aliphatic heterocycles. The molecule has 2 aliphatic rings. The number of hydrogen-bond donors (Lipinski definition) is 1. The summed E-state index contributed by atoms with van der Waals surface area (Å²) in [6, 6.07) is 9.27. The van der Waals surface area contributed by atoms with E-state index in [0.29, 0.717) is 31.2 Å². The van der Waals surface area contributed by atoms with E-state index < -0.39 is 10.0 Å². The van der Waals surface area contributed by atoms with Crippen molar-refractivity contribution in [2.45, 2.75) is 31.7 Å². The van der Waals surface area contributed by atoms with Crippen LogP contribution < -0.4 is 10.1 Å². The monoisotopic (exact) mass is 445 g/mol. The van der Waals surface area contributed by atoms with E-state index in [1.807, 2.05) is 37.4 Å². The highest BCUT2D eigenvalue weighted by molar-refractivity contribution is 7.89. The first-order chi connectivity index (χ1) is 15.0. The third kappa shape index (κ3) is 5.16. The van der Waals surface area contributed by atoms with Crippen molar-refractivity contribution in [3.63, 3.8) is 0 Å². The summed E-state index contributed by atoms with van der Waals surface area (Å²) in [7, 11) is 0.526. The first-order valence-corrected chi connectivity index (χ1v) is 12.5. The fraction of sp³-hybridized carbons (Fsp3) is 0.545. The molecule has 31 heavy (non-hydrogen) atoms. The molecule has 1 saturated heterocycles. The number of ether oxygens (including phenoxy) is 1. The molecule has 0 spiro atoms. The summed E-state index contributed by atoms with van der Waals surface area (Å²) in [5.41, 5.74) is 1.85. The third-order valence-electron chi connectivity index (χ3n) is 6.02. The maximum atomic E-state index is 12.9. The lowest BCUT2D eigenvalue weighted by molar-refractivity contribution is 0.245. The zero-order chi connectivity index (χ0) is 21.8. The van der Waals surface area contributed by atoms with E-state index in [4.69, 9.17) is 14.7 Å². The van der Waals surface area contributed by atoms with Gasteiger partial charge in [0.15, 0.2) is 0 Å². The Labute approximate surface area is 184 Å². The number of likely N-dealkylation sites (N-methyl/N-ethyl adjacent to an activating group) is 1. The second-order valence-electron chi connectivity index (χ2n) is 8.27. The van der Waals surface area contributed by atoms with Crippen LogP contribution in [0.5, 0.6) is 5.75 Å². The molecule has 1 aromatic heterocycles. The van der Waals surface area contributed by atoms with Crippen molar-refractivity contribution >= 4 is 15.8 Å². The maximum Gasteiger partial charge on any atom is 0.217 e. The molecule has 0 saturated carbocycles. The van der Waals surface area contributed by atoms with Crippen LogP contribution in [0.1, 0.15) is 35.8 Å². The molecule has 1 atom stereocenters. The van der Waals surface area contributed by atoms with E-state index in [1.54, 1.807) is 0 Å². The average Bonchev–Trinajstić information content (AvgIpc) is 2.78. The number of nitrogens with one attached hydrogen (secondary N) is 1. The second kappa shape index (κ2) is 9.50. The summed E-state index contributed by atoms with van der Waals surface area (Å²) in [6.45, 7) is 2.93. The van der Waals surface area contributed by atoms with Gasteiger partial charge in [0.25, 0.3) is 0 Å². The van der Waals surface area contributed by atoms with Crippen LogP contribution in [0.15, 0.2) is 30.3 Å². The molecule has 0 aliphatic carbocycles. The number of benzene rings is 1. The van der Waals surface area contributed by atoms with Gasteiger partial charge in [0.1, 0.15) is 24.0 Å². The number of hydrogen-bond acceptors (Lipinski definition) is 7. The molecular formula is C22H31N5O3S. The Kier molecular flexibility index (Phi) is 6.74. The molecule has 1 aromatic carbocycles. The topological polar surface area (TPSA) is 87.7 Å². The Bertz CT molecular complexity index is 982. The number of anilines is 1. The number of piperidine rings is 1. The Morgan fingerprint density at radius 2 is 2.00 bits per heavy atom. The first kappa shape index (κ1) is 22.0. The normalized spacial score (nSPS) is 20.3. The fourth-order valence-electron chi connectivity index (χ4n) is 4.32. The van der Waals surface area contributed by atoms with Gasteiger partial charge in [-0.1, -0.05) is 18.2 Å². The van der Waals surface area contributed by atoms with Gasteiger partial charge in [-0.25, -0.2) is 18.4 Å². The van der Waals surface area contributed by atoms with Gasteiger partial charge in [0.05, 0.1) is 11.4 Å². The van der Waals surface area contributed by atoms with Gasteiger partial charge in [-0.2, -0.15) is 4.31 Å². The molecule has 1 fully saturated rings. The molecule has 1 N–H and O–H groups in total. The van der Waals surface area contributed by atoms with Gasteiger partial charge in [-0.05, 0) is 38.6 Å². The smallest absolute Gasteiger partial charge is 0.217 e. The van der Waals surface area contributed by atoms with Crippen LogP contribution in [-0.4, -0.2) is 73.7 Å². The minimum atomic E-state index is -3.44. The largest absolute Gasteiger partial charge is 0.492 e. The summed E-state index contributed by atoms with van der Waals surface area (Å²) in [4.78, 5) is 12.0. The predicted octanol–water partition coefficient (Wildman–Crippen LogP) is 2.09. The van der Waals surface area contributed by atoms with Gasteiger partial charge in [-0.3, -0.25) is 0 Å². The second-order valence-corrected chi connectivity index (χ2v) is 10.4. The Balaban J connectivity index is 1.46. The van der Waals surface area contributed by atoms with Crippen molar-refractivity contribution in [2.75, 3.05) is 51.4 Å². The average molecular weight is 446 g/mol. The molecule has 168 valence electrons. The minimum absolute atomic E-state index is 0.0561. The molecule has 9 heteroatoms. The first-order valence-electron chi connectivity index (χ1n) is 10.9. The summed E-state index contributed by atoms with van der Waals surface area (Å²) >= 11 is 0. The standard InChI is InChI=1S/C22H31N5O3S/c1-23-22-19-16-27(31(28,29)14-13-30-18-8-4-3-5-9-18)12-10-20(19)24-21(25-22)17-7-6-11-26(2)15-17/h3-5,8-9,17H,6-7,10-16H2,1-2H3,(H,23,24,25)/t17-/m1/s1. The van der Waals surface area contributed by atoms with Crippen molar-refractivity contribution in [3.05, 3.63) is 47.4 Å². The van der Waals surface area contributed by atoms with Crippen LogP contribution in [0.3, 0.4) is 0 Å². The van der Waals surface area contributed by atoms with Crippen molar-refractivity contribution in [2.24, 2.45) is 0 Å². The summed E-state index contributed by atoms with van der Waals surface area (Å²) in [5, 5.41) is 3.17. The van der Waals surface area contributed by atoms with Gasteiger partial charge in [-0.15, -0.1) is 0 Å². The molecule has 4 rings (SSSR count). The molecule has 0 bridgehead atoms. The molecule has 3 heterocycles. The van der Waals surface area contributed by atoms with Crippen LogP contribution in [0, 0.1) is 0 Å². The minimum Gasteiger partial charge on any atom is -0.492 e. The highest BCUT2D eigenvalue weighted by Crippen LogP contribution is 2.30. The Morgan fingerprint density at radius 1 is 1.19 bits per heavy atom. The molecule has 8 nitrogen and oxygen atoms in total. The lowest BCUT2D eigenvalue weighted by Crippen LogP contribution is -2.39. The van der Waals surface area contributed by atoms with E-state index in [0.717, 1.165) is 48.8 Å². The zero-order valence-electron chi connectivity index (χ0n) is 18.2. The van der Waals surface area contributed by atoms with Crippen molar-refractivity contribution in [3.8, 4) is 5.75 Å².